The number of aryl methyl sites for hydroxylation is 1. The Balaban J connectivity index is 1.76. The highest BCUT2D eigenvalue weighted by molar-refractivity contribution is 7.12. The maximum absolute atomic E-state index is 11.4. The van der Waals surface area contributed by atoms with E-state index >= 15 is 0 Å². The maximum Gasteiger partial charge on any atom is 0.169 e. The van der Waals surface area contributed by atoms with Crippen LogP contribution in [-0.4, -0.2) is 27.1 Å². The lowest BCUT2D eigenvalue weighted by atomic mass is 10.2. The molecule has 0 fully saturated rings. The summed E-state index contributed by atoms with van der Waals surface area (Å²) in [5.41, 5.74) is 4.44. The van der Waals surface area contributed by atoms with Crippen molar-refractivity contribution >= 4 is 22.8 Å². The third-order valence-electron chi connectivity index (χ3n) is 3.70. The standard InChI is InChI=1S/C17H19N3OS/c1-12-15(20-7-5-4-6-17(20)18-12)10-19(3)9-14-8-16(13(2)21)22-11-14/h4-8,11H,9-10H2,1-3H3. The van der Waals surface area contributed by atoms with Gasteiger partial charge in [-0.3, -0.25) is 9.69 Å². The first kappa shape index (κ1) is 14.9. The van der Waals surface area contributed by atoms with Crippen LogP contribution in [0.1, 0.15) is 33.5 Å². The monoisotopic (exact) mass is 313 g/mol. The molecule has 0 N–H and O–H groups in total. The van der Waals surface area contributed by atoms with E-state index in [9.17, 15) is 4.79 Å². The summed E-state index contributed by atoms with van der Waals surface area (Å²) in [5.74, 6) is 0.136. The zero-order valence-electron chi connectivity index (χ0n) is 13.0. The molecule has 22 heavy (non-hydrogen) atoms. The zero-order valence-corrected chi connectivity index (χ0v) is 13.9. The molecule has 0 aliphatic rings. The third kappa shape index (κ3) is 2.96. The summed E-state index contributed by atoms with van der Waals surface area (Å²) in [5, 5.41) is 2.06. The number of carbonyl (C=O) groups is 1. The number of nitrogens with zero attached hydrogens (tertiary/aromatic N) is 3. The molecule has 0 aliphatic carbocycles. The fraction of sp³-hybridized carbons (Fsp3) is 0.294. The van der Waals surface area contributed by atoms with Gasteiger partial charge in [0.2, 0.25) is 0 Å². The highest BCUT2D eigenvalue weighted by atomic mass is 32.1. The van der Waals surface area contributed by atoms with Gasteiger partial charge < -0.3 is 4.40 Å². The Bertz CT molecular complexity index is 818. The van der Waals surface area contributed by atoms with E-state index in [4.69, 9.17) is 0 Å². The molecule has 0 saturated heterocycles. The van der Waals surface area contributed by atoms with E-state index in [0.717, 1.165) is 29.3 Å². The van der Waals surface area contributed by atoms with Crippen molar-refractivity contribution in [1.82, 2.24) is 14.3 Å². The molecule has 5 heteroatoms. The SMILES string of the molecule is CC(=O)c1cc(CN(C)Cc2c(C)nc3ccccn23)cs1. The summed E-state index contributed by atoms with van der Waals surface area (Å²) in [6.45, 7) is 5.31. The smallest absolute Gasteiger partial charge is 0.169 e. The van der Waals surface area contributed by atoms with E-state index in [1.807, 2.05) is 24.3 Å². The number of rotatable bonds is 5. The molecule has 4 nitrogen and oxygen atoms in total. The molecule has 0 unspecified atom stereocenters. The van der Waals surface area contributed by atoms with Gasteiger partial charge in [0.15, 0.2) is 5.78 Å². The summed E-state index contributed by atoms with van der Waals surface area (Å²) < 4.78 is 2.14. The van der Waals surface area contributed by atoms with Crippen molar-refractivity contribution in [1.29, 1.82) is 0 Å². The number of imidazole rings is 1. The van der Waals surface area contributed by atoms with Crippen molar-refractivity contribution in [3.05, 3.63) is 57.7 Å². The van der Waals surface area contributed by atoms with Crippen LogP contribution in [0.3, 0.4) is 0 Å². The summed E-state index contributed by atoms with van der Waals surface area (Å²) in [4.78, 5) is 19.0. The average molecular weight is 313 g/mol. The molecule has 0 atom stereocenters. The summed E-state index contributed by atoms with van der Waals surface area (Å²) >= 11 is 1.52. The van der Waals surface area contributed by atoms with Crippen molar-refractivity contribution in [3.63, 3.8) is 0 Å². The van der Waals surface area contributed by atoms with Gasteiger partial charge in [-0.05, 0) is 50.0 Å². The molecule has 114 valence electrons. The van der Waals surface area contributed by atoms with Crippen molar-refractivity contribution < 1.29 is 4.79 Å². The molecule has 0 saturated carbocycles. The lowest BCUT2D eigenvalue weighted by Crippen LogP contribution is -2.18. The third-order valence-corrected chi connectivity index (χ3v) is 4.78. The minimum absolute atomic E-state index is 0.136. The van der Waals surface area contributed by atoms with E-state index < -0.39 is 0 Å². The van der Waals surface area contributed by atoms with E-state index in [1.54, 1.807) is 6.92 Å². The van der Waals surface area contributed by atoms with Crippen LogP contribution in [0.15, 0.2) is 35.8 Å². The fourth-order valence-corrected chi connectivity index (χ4v) is 3.43. The number of carbonyl (C=O) groups excluding carboxylic acids is 1. The largest absolute Gasteiger partial charge is 0.302 e. The van der Waals surface area contributed by atoms with Gasteiger partial charge in [-0.1, -0.05) is 6.07 Å². The van der Waals surface area contributed by atoms with Crippen molar-refractivity contribution in [3.8, 4) is 0 Å². The maximum atomic E-state index is 11.4. The quantitative estimate of drug-likeness (QED) is 0.676. The first-order chi connectivity index (χ1) is 10.5. The Morgan fingerprint density at radius 1 is 1.36 bits per heavy atom. The lowest BCUT2D eigenvalue weighted by Gasteiger charge is -2.16. The summed E-state index contributed by atoms with van der Waals surface area (Å²) in [7, 11) is 2.09. The van der Waals surface area contributed by atoms with E-state index in [1.165, 1.54) is 22.6 Å². The van der Waals surface area contributed by atoms with Gasteiger partial charge in [0, 0.05) is 19.3 Å². The molecular weight excluding hydrogens is 294 g/mol. The van der Waals surface area contributed by atoms with Crippen LogP contribution in [0, 0.1) is 6.92 Å². The normalized spacial score (nSPS) is 11.5. The number of pyridine rings is 1. The number of Topliss-reactive ketones (excluding diaryl/α,β-unsaturated/α-hetero) is 1. The molecule has 0 aromatic carbocycles. The second kappa shape index (κ2) is 6.02. The minimum atomic E-state index is 0.136. The number of fused-ring (bicyclic) bond motifs is 1. The van der Waals surface area contributed by atoms with Crippen molar-refractivity contribution in [2.75, 3.05) is 7.05 Å². The summed E-state index contributed by atoms with van der Waals surface area (Å²) in [6, 6.07) is 8.04. The highest BCUT2D eigenvalue weighted by Crippen LogP contribution is 2.19. The molecule has 0 radical (unpaired) electrons. The van der Waals surface area contributed by atoms with Gasteiger partial charge in [0.1, 0.15) is 5.65 Å². The number of hydrogen-bond donors (Lipinski definition) is 0. The van der Waals surface area contributed by atoms with Gasteiger partial charge >= 0.3 is 0 Å². The van der Waals surface area contributed by atoms with Crippen LogP contribution >= 0.6 is 11.3 Å². The van der Waals surface area contributed by atoms with Crippen LogP contribution in [0.2, 0.25) is 0 Å². The van der Waals surface area contributed by atoms with E-state index in [-0.39, 0.29) is 5.78 Å². The van der Waals surface area contributed by atoms with Gasteiger partial charge in [-0.2, -0.15) is 0 Å². The Kier molecular flexibility index (Phi) is 4.09. The first-order valence-corrected chi connectivity index (χ1v) is 8.12. The zero-order chi connectivity index (χ0) is 15.7. The lowest BCUT2D eigenvalue weighted by molar-refractivity contribution is 0.102. The second-order valence-corrected chi connectivity index (χ2v) is 6.53. The van der Waals surface area contributed by atoms with Crippen LogP contribution in [-0.2, 0) is 13.1 Å². The Labute approximate surface area is 134 Å². The van der Waals surface area contributed by atoms with Crippen LogP contribution in [0.4, 0.5) is 0 Å². The van der Waals surface area contributed by atoms with Crippen molar-refractivity contribution in [2.24, 2.45) is 0 Å². The topological polar surface area (TPSA) is 37.6 Å². The summed E-state index contributed by atoms with van der Waals surface area (Å²) in [6.07, 6.45) is 2.05. The van der Waals surface area contributed by atoms with Crippen LogP contribution < -0.4 is 0 Å². The molecule has 3 aromatic rings. The van der Waals surface area contributed by atoms with Crippen LogP contribution in [0.25, 0.3) is 5.65 Å². The molecule has 0 aliphatic heterocycles. The predicted molar refractivity (Wildman–Crippen MR) is 89.4 cm³/mol. The van der Waals surface area contributed by atoms with E-state index in [0.29, 0.717) is 0 Å². The van der Waals surface area contributed by atoms with Crippen molar-refractivity contribution in [2.45, 2.75) is 26.9 Å². The van der Waals surface area contributed by atoms with E-state index in [2.05, 4.69) is 39.8 Å². The van der Waals surface area contributed by atoms with Gasteiger partial charge in [0.05, 0.1) is 16.3 Å². The molecule has 3 heterocycles. The number of hydrogen-bond acceptors (Lipinski definition) is 4. The predicted octanol–water partition coefficient (Wildman–Crippen LogP) is 3.54. The first-order valence-electron chi connectivity index (χ1n) is 7.24. The molecule has 0 spiro atoms. The number of aromatic nitrogens is 2. The Morgan fingerprint density at radius 2 is 2.18 bits per heavy atom. The molecule has 0 bridgehead atoms. The molecule has 0 amide bonds. The molecule has 3 aromatic heterocycles. The average Bonchev–Trinajstić information content (AvgIpc) is 3.05. The second-order valence-electron chi connectivity index (χ2n) is 5.62. The van der Waals surface area contributed by atoms with Gasteiger partial charge in [-0.25, -0.2) is 4.98 Å². The molecule has 3 rings (SSSR count). The van der Waals surface area contributed by atoms with Gasteiger partial charge in [-0.15, -0.1) is 11.3 Å². The Hall–Kier alpha value is -1.98. The Morgan fingerprint density at radius 3 is 2.91 bits per heavy atom. The fourth-order valence-electron chi connectivity index (χ4n) is 2.62. The van der Waals surface area contributed by atoms with Crippen LogP contribution in [0.5, 0.6) is 0 Å². The highest BCUT2D eigenvalue weighted by Gasteiger charge is 2.12. The number of thiophene rings is 1. The van der Waals surface area contributed by atoms with Gasteiger partial charge in [0.25, 0.3) is 0 Å². The number of ketones is 1. The molecular formula is C17H19N3OS. The minimum Gasteiger partial charge on any atom is -0.302 e.